The highest BCUT2D eigenvalue weighted by Crippen LogP contribution is 2.40. The summed E-state index contributed by atoms with van der Waals surface area (Å²) in [5.41, 5.74) is 1.76. The molecule has 1 N–H and O–H groups in total. The summed E-state index contributed by atoms with van der Waals surface area (Å²) >= 11 is 0. The molecule has 162 valence electrons. The van der Waals surface area contributed by atoms with E-state index in [4.69, 9.17) is 9.47 Å². The number of carbonyl (C=O) groups excluding carboxylic acids is 2. The molecule has 9 heteroatoms. The van der Waals surface area contributed by atoms with Crippen molar-refractivity contribution >= 4 is 17.6 Å². The Bertz CT molecular complexity index is 906. The van der Waals surface area contributed by atoms with E-state index in [-0.39, 0.29) is 23.4 Å². The Hall–Kier alpha value is -3.20. The molecule has 1 atom stereocenters. The standard InChI is InChI=1S/C21H27N3O6/c1-6-23(4)10-11-30-21(26)18-14(3)22-13(2)17(20(25)29-5)19(18)15-8-7-9-16(12-15)24(27)28/h7-9,12,19,22H,6,10-11H2,1-5H3. The highest BCUT2D eigenvalue weighted by atomic mass is 16.6. The van der Waals surface area contributed by atoms with E-state index in [1.54, 1.807) is 19.9 Å². The minimum Gasteiger partial charge on any atom is -0.466 e. The second-order valence-corrected chi connectivity index (χ2v) is 7.01. The minimum atomic E-state index is -0.852. The first-order chi connectivity index (χ1) is 14.2. The van der Waals surface area contributed by atoms with Crippen LogP contribution in [0.1, 0.15) is 32.3 Å². The number of hydrogen-bond acceptors (Lipinski definition) is 8. The summed E-state index contributed by atoms with van der Waals surface area (Å²) in [4.78, 5) is 38.3. The Morgan fingerprint density at radius 2 is 1.83 bits per heavy atom. The van der Waals surface area contributed by atoms with E-state index in [9.17, 15) is 19.7 Å². The van der Waals surface area contributed by atoms with Gasteiger partial charge in [-0.2, -0.15) is 0 Å². The van der Waals surface area contributed by atoms with Crippen molar-refractivity contribution in [2.75, 3.05) is 33.9 Å². The van der Waals surface area contributed by atoms with E-state index in [1.165, 1.54) is 25.3 Å². The lowest BCUT2D eigenvalue weighted by Gasteiger charge is -2.30. The van der Waals surface area contributed by atoms with Crippen LogP contribution in [0.15, 0.2) is 46.8 Å². The van der Waals surface area contributed by atoms with Gasteiger partial charge in [-0.1, -0.05) is 19.1 Å². The van der Waals surface area contributed by atoms with Gasteiger partial charge in [-0.05, 0) is 33.0 Å². The van der Waals surface area contributed by atoms with E-state index in [0.717, 1.165) is 6.54 Å². The Labute approximate surface area is 175 Å². The number of nitrogens with zero attached hydrogens (tertiary/aromatic N) is 2. The van der Waals surface area contributed by atoms with Gasteiger partial charge in [-0.3, -0.25) is 10.1 Å². The van der Waals surface area contributed by atoms with Crippen molar-refractivity contribution in [3.05, 3.63) is 62.5 Å². The van der Waals surface area contributed by atoms with Crippen LogP contribution in [-0.4, -0.2) is 55.6 Å². The number of benzene rings is 1. The number of methoxy groups -OCH3 is 1. The molecule has 1 aliphatic rings. The summed E-state index contributed by atoms with van der Waals surface area (Å²) < 4.78 is 10.4. The molecule has 0 radical (unpaired) electrons. The summed E-state index contributed by atoms with van der Waals surface area (Å²) in [6.45, 7) is 6.94. The molecule has 0 spiro atoms. The number of nitro groups is 1. The quantitative estimate of drug-likeness (QED) is 0.390. The van der Waals surface area contributed by atoms with E-state index in [1.807, 2.05) is 18.9 Å². The van der Waals surface area contributed by atoms with Crippen LogP contribution in [0, 0.1) is 10.1 Å². The highest BCUT2D eigenvalue weighted by Gasteiger charge is 2.38. The van der Waals surface area contributed by atoms with Crippen molar-refractivity contribution in [1.29, 1.82) is 0 Å². The second-order valence-electron chi connectivity index (χ2n) is 7.01. The molecule has 1 aliphatic heterocycles. The van der Waals surface area contributed by atoms with Crippen LogP contribution in [0.2, 0.25) is 0 Å². The summed E-state index contributed by atoms with van der Waals surface area (Å²) in [7, 11) is 3.16. The lowest BCUT2D eigenvalue weighted by Crippen LogP contribution is -2.33. The van der Waals surface area contributed by atoms with Crippen LogP contribution in [-0.2, 0) is 19.1 Å². The van der Waals surface area contributed by atoms with Gasteiger partial charge in [-0.15, -0.1) is 0 Å². The zero-order valence-electron chi connectivity index (χ0n) is 17.9. The Morgan fingerprint density at radius 3 is 2.40 bits per heavy atom. The van der Waals surface area contributed by atoms with E-state index in [0.29, 0.717) is 23.5 Å². The monoisotopic (exact) mass is 417 g/mol. The van der Waals surface area contributed by atoms with Gasteiger partial charge < -0.3 is 19.7 Å². The predicted octanol–water partition coefficient (Wildman–Crippen LogP) is 2.50. The van der Waals surface area contributed by atoms with Crippen LogP contribution in [0.25, 0.3) is 0 Å². The summed E-state index contributed by atoms with van der Waals surface area (Å²) in [5, 5.41) is 14.3. The molecule has 1 unspecified atom stereocenters. The zero-order chi connectivity index (χ0) is 22.4. The third kappa shape index (κ3) is 5.04. The Kier molecular flexibility index (Phi) is 7.71. The molecule has 0 fully saturated rings. The molecule has 30 heavy (non-hydrogen) atoms. The molecular formula is C21H27N3O6. The molecule has 1 aromatic carbocycles. The van der Waals surface area contributed by atoms with Crippen LogP contribution in [0.5, 0.6) is 0 Å². The topological polar surface area (TPSA) is 111 Å². The smallest absolute Gasteiger partial charge is 0.336 e. The maximum absolute atomic E-state index is 13.0. The number of non-ortho nitro benzene ring substituents is 1. The third-order valence-corrected chi connectivity index (χ3v) is 5.05. The van der Waals surface area contributed by atoms with Crippen LogP contribution < -0.4 is 5.32 Å². The van der Waals surface area contributed by atoms with Gasteiger partial charge in [0.2, 0.25) is 0 Å². The number of nitro benzene ring substituents is 1. The largest absolute Gasteiger partial charge is 0.466 e. The number of ether oxygens (including phenoxy) is 2. The first kappa shape index (κ1) is 23.1. The number of nitrogens with one attached hydrogen (secondary N) is 1. The normalized spacial score (nSPS) is 16.4. The first-order valence-corrected chi connectivity index (χ1v) is 9.58. The Balaban J connectivity index is 2.51. The van der Waals surface area contributed by atoms with Crippen molar-refractivity contribution in [2.24, 2.45) is 0 Å². The van der Waals surface area contributed by atoms with Gasteiger partial charge >= 0.3 is 11.9 Å². The Morgan fingerprint density at radius 1 is 1.20 bits per heavy atom. The number of hydrogen-bond donors (Lipinski definition) is 1. The fraction of sp³-hybridized carbons (Fsp3) is 0.429. The molecule has 0 aliphatic carbocycles. The maximum atomic E-state index is 13.0. The van der Waals surface area contributed by atoms with Crippen LogP contribution in [0.4, 0.5) is 5.69 Å². The number of carbonyl (C=O) groups is 2. The van der Waals surface area contributed by atoms with Gasteiger partial charge in [0.1, 0.15) is 6.61 Å². The van der Waals surface area contributed by atoms with Crippen molar-refractivity contribution in [1.82, 2.24) is 10.2 Å². The SMILES string of the molecule is CCN(C)CCOC(=O)C1=C(C)NC(C)=C(C(=O)OC)C1c1cccc([N+](=O)[O-])c1. The van der Waals surface area contributed by atoms with E-state index < -0.39 is 22.8 Å². The molecule has 9 nitrogen and oxygen atoms in total. The molecule has 1 heterocycles. The van der Waals surface area contributed by atoms with Crippen LogP contribution >= 0.6 is 0 Å². The zero-order valence-corrected chi connectivity index (χ0v) is 17.9. The molecule has 1 aromatic rings. The number of esters is 2. The van der Waals surface area contributed by atoms with Crippen molar-refractivity contribution in [3.8, 4) is 0 Å². The van der Waals surface area contributed by atoms with Gasteiger partial charge in [-0.25, -0.2) is 9.59 Å². The molecule has 0 amide bonds. The van der Waals surface area contributed by atoms with Gasteiger partial charge in [0.25, 0.3) is 5.69 Å². The highest BCUT2D eigenvalue weighted by molar-refractivity contribution is 5.99. The fourth-order valence-corrected chi connectivity index (χ4v) is 3.33. The van der Waals surface area contributed by atoms with E-state index >= 15 is 0 Å². The molecule has 0 bridgehead atoms. The van der Waals surface area contributed by atoms with Crippen molar-refractivity contribution < 1.29 is 24.0 Å². The van der Waals surface area contributed by atoms with Gasteiger partial charge in [0.15, 0.2) is 0 Å². The van der Waals surface area contributed by atoms with Crippen LogP contribution in [0.3, 0.4) is 0 Å². The van der Waals surface area contributed by atoms with Crippen molar-refractivity contribution in [2.45, 2.75) is 26.7 Å². The minimum absolute atomic E-state index is 0.136. The predicted molar refractivity (Wildman–Crippen MR) is 111 cm³/mol. The third-order valence-electron chi connectivity index (χ3n) is 5.05. The molecular weight excluding hydrogens is 390 g/mol. The number of dihydropyridines is 1. The van der Waals surface area contributed by atoms with E-state index in [2.05, 4.69) is 5.32 Å². The average molecular weight is 417 g/mol. The summed E-state index contributed by atoms with van der Waals surface area (Å²) in [6, 6.07) is 5.88. The summed E-state index contributed by atoms with van der Waals surface area (Å²) in [5.74, 6) is -2.06. The lowest BCUT2D eigenvalue weighted by atomic mass is 9.80. The first-order valence-electron chi connectivity index (χ1n) is 9.58. The molecule has 0 saturated heterocycles. The fourth-order valence-electron chi connectivity index (χ4n) is 3.33. The van der Waals surface area contributed by atoms with Gasteiger partial charge in [0.05, 0.1) is 29.1 Å². The summed E-state index contributed by atoms with van der Waals surface area (Å²) in [6.07, 6.45) is 0. The molecule has 2 rings (SSSR count). The number of allylic oxidation sites excluding steroid dienone is 2. The maximum Gasteiger partial charge on any atom is 0.336 e. The molecule has 0 aromatic heterocycles. The van der Waals surface area contributed by atoms with Crippen molar-refractivity contribution in [3.63, 3.8) is 0 Å². The number of rotatable bonds is 8. The molecule has 0 saturated carbocycles. The second kappa shape index (κ2) is 10.0. The van der Waals surface area contributed by atoms with Gasteiger partial charge in [0, 0.05) is 30.1 Å². The average Bonchev–Trinajstić information content (AvgIpc) is 2.72. The number of likely N-dealkylation sites (N-methyl/N-ethyl adjacent to an activating group) is 1. The lowest BCUT2D eigenvalue weighted by molar-refractivity contribution is -0.384.